The molecule has 1 amide bonds. The van der Waals surface area contributed by atoms with Crippen molar-refractivity contribution in [3.63, 3.8) is 0 Å². The largest absolute Gasteiger partial charge is 0.397 e. The van der Waals surface area contributed by atoms with Crippen molar-refractivity contribution in [2.24, 2.45) is 0 Å². The summed E-state index contributed by atoms with van der Waals surface area (Å²) >= 11 is 1.52. The molecular formula is C12H12N2OS. The molecule has 1 aromatic carbocycles. The van der Waals surface area contributed by atoms with Gasteiger partial charge >= 0.3 is 0 Å². The summed E-state index contributed by atoms with van der Waals surface area (Å²) in [4.78, 5) is 11.9. The molecule has 0 aliphatic rings. The van der Waals surface area contributed by atoms with Gasteiger partial charge in [0.15, 0.2) is 0 Å². The Kier molecular flexibility index (Phi) is 2.92. The van der Waals surface area contributed by atoms with Gasteiger partial charge in [-0.1, -0.05) is 12.1 Å². The van der Waals surface area contributed by atoms with Crippen LogP contribution in [-0.4, -0.2) is 5.91 Å². The molecule has 2 aromatic rings. The molecule has 0 bridgehead atoms. The number of para-hydroxylation sites is 2. The minimum atomic E-state index is -0.114. The lowest BCUT2D eigenvalue weighted by Crippen LogP contribution is -2.13. The van der Waals surface area contributed by atoms with E-state index in [-0.39, 0.29) is 5.91 Å². The quantitative estimate of drug-likeness (QED) is 0.782. The average molecular weight is 232 g/mol. The predicted molar refractivity (Wildman–Crippen MR) is 67.9 cm³/mol. The lowest BCUT2D eigenvalue weighted by atomic mass is 10.2. The second-order valence-corrected chi connectivity index (χ2v) is 4.25. The summed E-state index contributed by atoms with van der Waals surface area (Å²) in [6.07, 6.45) is 0. The third kappa shape index (κ3) is 2.06. The van der Waals surface area contributed by atoms with Gasteiger partial charge in [-0.25, -0.2) is 0 Å². The van der Waals surface area contributed by atoms with Gasteiger partial charge in [-0.2, -0.15) is 11.3 Å². The summed E-state index contributed by atoms with van der Waals surface area (Å²) in [6, 6.07) is 7.22. The summed E-state index contributed by atoms with van der Waals surface area (Å²) in [5.41, 5.74) is 8.66. The molecule has 0 aliphatic heterocycles. The zero-order valence-corrected chi connectivity index (χ0v) is 9.67. The van der Waals surface area contributed by atoms with Gasteiger partial charge in [0.2, 0.25) is 0 Å². The molecule has 3 N–H and O–H groups in total. The number of amides is 1. The van der Waals surface area contributed by atoms with Gasteiger partial charge in [-0.05, 0) is 30.0 Å². The lowest BCUT2D eigenvalue weighted by molar-refractivity contribution is 0.102. The van der Waals surface area contributed by atoms with Crippen LogP contribution in [0.3, 0.4) is 0 Å². The van der Waals surface area contributed by atoms with Gasteiger partial charge in [0, 0.05) is 5.38 Å². The fraction of sp³-hybridized carbons (Fsp3) is 0.0833. The lowest BCUT2D eigenvalue weighted by Gasteiger charge is -2.07. The van der Waals surface area contributed by atoms with Crippen LogP contribution in [0.4, 0.5) is 11.4 Å². The molecule has 1 heterocycles. The smallest absolute Gasteiger partial charge is 0.256 e. The SMILES string of the molecule is Cc1cscc1C(=O)Nc1ccccc1N. The second-order valence-electron chi connectivity index (χ2n) is 3.51. The van der Waals surface area contributed by atoms with Crippen molar-refractivity contribution in [1.29, 1.82) is 0 Å². The molecule has 0 unspecified atom stereocenters. The first-order valence-electron chi connectivity index (χ1n) is 4.87. The molecular weight excluding hydrogens is 220 g/mol. The van der Waals surface area contributed by atoms with Crippen LogP contribution in [0.5, 0.6) is 0 Å². The highest BCUT2D eigenvalue weighted by atomic mass is 32.1. The Balaban J connectivity index is 2.21. The number of nitrogens with one attached hydrogen (secondary N) is 1. The fourth-order valence-electron chi connectivity index (χ4n) is 1.39. The van der Waals surface area contributed by atoms with E-state index in [1.165, 1.54) is 11.3 Å². The van der Waals surface area contributed by atoms with E-state index in [2.05, 4.69) is 5.32 Å². The van der Waals surface area contributed by atoms with E-state index in [1.54, 1.807) is 12.1 Å². The number of hydrogen-bond donors (Lipinski definition) is 2. The summed E-state index contributed by atoms with van der Waals surface area (Å²) < 4.78 is 0. The minimum Gasteiger partial charge on any atom is -0.397 e. The van der Waals surface area contributed by atoms with Crippen molar-refractivity contribution in [1.82, 2.24) is 0 Å². The number of hydrogen-bond acceptors (Lipinski definition) is 3. The maximum atomic E-state index is 11.9. The molecule has 2 rings (SSSR count). The Morgan fingerprint density at radius 3 is 2.69 bits per heavy atom. The van der Waals surface area contributed by atoms with Gasteiger partial charge < -0.3 is 11.1 Å². The minimum absolute atomic E-state index is 0.114. The van der Waals surface area contributed by atoms with Crippen LogP contribution < -0.4 is 11.1 Å². The first kappa shape index (κ1) is 10.7. The topological polar surface area (TPSA) is 55.1 Å². The van der Waals surface area contributed by atoms with Crippen molar-refractivity contribution in [3.05, 3.63) is 46.2 Å². The van der Waals surface area contributed by atoms with E-state index in [4.69, 9.17) is 5.73 Å². The van der Waals surface area contributed by atoms with E-state index in [1.807, 2.05) is 29.8 Å². The first-order valence-corrected chi connectivity index (χ1v) is 5.81. The maximum Gasteiger partial charge on any atom is 0.256 e. The molecule has 0 aliphatic carbocycles. The highest BCUT2D eigenvalue weighted by Gasteiger charge is 2.10. The first-order chi connectivity index (χ1) is 7.68. The summed E-state index contributed by atoms with van der Waals surface area (Å²) in [5.74, 6) is -0.114. The van der Waals surface area contributed by atoms with Gasteiger partial charge in [-0.15, -0.1) is 0 Å². The number of nitrogen functional groups attached to an aromatic ring is 1. The molecule has 1 aromatic heterocycles. The van der Waals surface area contributed by atoms with Crippen LogP contribution in [0.1, 0.15) is 15.9 Å². The Hall–Kier alpha value is -1.81. The third-order valence-electron chi connectivity index (χ3n) is 2.31. The van der Waals surface area contributed by atoms with E-state index in [0.717, 1.165) is 5.56 Å². The number of anilines is 2. The van der Waals surface area contributed by atoms with Crippen molar-refractivity contribution >= 4 is 28.6 Å². The standard InChI is InChI=1S/C12H12N2OS/c1-8-6-16-7-9(8)12(15)14-11-5-3-2-4-10(11)13/h2-7H,13H2,1H3,(H,14,15). The number of benzene rings is 1. The van der Waals surface area contributed by atoms with Crippen molar-refractivity contribution < 1.29 is 4.79 Å². The van der Waals surface area contributed by atoms with Crippen LogP contribution in [-0.2, 0) is 0 Å². The van der Waals surface area contributed by atoms with Gasteiger partial charge in [0.05, 0.1) is 16.9 Å². The number of aryl methyl sites for hydroxylation is 1. The van der Waals surface area contributed by atoms with Crippen molar-refractivity contribution in [2.45, 2.75) is 6.92 Å². The number of carbonyl (C=O) groups excluding carboxylic acids is 1. The maximum absolute atomic E-state index is 11.9. The molecule has 0 spiro atoms. The highest BCUT2D eigenvalue weighted by molar-refractivity contribution is 7.08. The Morgan fingerprint density at radius 2 is 2.06 bits per heavy atom. The van der Waals surface area contributed by atoms with Gasteiger partial charge in [0.25, 0.3) is 5.91 Å². The normalized spacial score (nSPS) is 10.1. The number of carbonyl (C=O) groups is 1. The molecule has 0 fully saturated rings. The molecule has 16 heavy (non-hydrogen) atoms. The van der Waals surface area contributed by atoms with Crippen molar-refractivity contribution in [2.75, 3.05) is 11.1 Å². The monoisotopic (exact) mass is 232 g/mol. The van der Waals surface area contributed by atoms with Gasteiger partial charge in [-0.3, -0.25) is 4.79 Å². The van der Waals surface area contributed by atoms with Crippen LogP contribution in [0.25, 0.3) is 0 Å². The zero-order valence-electron chi connectivity index (χ0n) is 8.86. The Labute approximate surface area is 97.9 Å². The molecule has 0 atom stereocenters. The Morgan fingerprint density at radius 1 is 1.31 bits per heavy atom. The van der Waals surface area contributed by atoms with Crippen LogP contribution in [0.2, 0.25) is 0 Å². The summed E-state index contributed by atoms with van der Waals surface area (Å²) in [5, 5.41) is 6.58. The Bertz CT molecular complexity index is 519. The highest BCUT2D eigenvalue weighted by Crippen LogP contribution is 2.20. The zero-order chi connectivity index (χ0) is 11.5. The predicted octanol–water partition coefficient (Wildman–Crippen LogP) is 2.89. The average Bonchev–Trinajstić information content (AvgIpc) is 2.68. The molecule has 82 valence electrons. The van der Waals surface area contributed by atoms with Crippen LogP contribution in [0, 0.1) is 6.92 Å². The summed E-state index contributed by atoms with van der Waals surface area (Å²) in [6.45, 7) is 1.92. The molecule has 0 radical (unpaired) electrons. The third-order valence-corrected chi connectivity index (χ3v) is 3.17. The number of rotatable bonds is 2. The molecule has 4 heteroatoms. The number of thiophene rings is 1. The van der Waals surface area contributed by atoms with E-state index < -0.39 is 0 Å². The fourth-order valence-corrected chi connectivity index (χ4v) is 2.22. The second kappa shape index (κ2) is 4.37. The molecule has 0 saturated carbocycles. The van der Waals surface area contributed by atoms with E-state index in [0.29, 0.717) is 16.9 Å². The van der Waals surface area contributed by atoms with Gasteiger partial charge in [0.1, 0.15) is 0 Å². The number of nitrogens with two attached hydrogens (primary N) is 1. The van der Waals surface area contributed by atoms with Crippen molar-refractivity contribution in [3.8, 4) is 0 Å². The summed E-state index contributed by atoms with van der Waals surface area (Å²) in [7, 11) is 0. The molecule has 3 nitrogen and oxygen atoms in total. The van der Waals surface area contributed by atoms with E-state index >= 15 is 0 Å². The van der Waals surface area contributed by atoms with Crippen LogP contribution in [0.15, 0.2) is 35.0 Å². The molecule has 0 saturated heterocycles. The van der Waals surface area contributed by atoms with Crippen LogP contribution >= 0.6 is 11.3 Å². The van der Waals surface area contributed by atoms with E-state index in [9.17, 15) is 4.79 Å².